The Morgan fingerprint density at radius 3 is 2.71 bits per heavy atom. The third-order valence-electron chi connectivity index (χ3n) is 3.18. The van der Waals surface area contributed by atoms with Gasteiger partial charge in [0.05, 0.1) is 12.2 Å². The zero-order valence-corrected chi connectivity index (χ0v) is 12.1. The average molecular weight is 292 g/mol. The van der Waals surface area contributed by atoms with Crippen molar-refractivity contribution in [1.29, 1.82) is 0 Å². The number of hydrogen-bond acceptors (Lipinski definition) is 6. The highest BCUT2D eigenvalue weighted by molar-refractivity contribution is 6.26. The minimum Gasteiger partial charge on any atom is -0.469 e. The fraction of sp³-hybridized carbons (Fsp3) is 0.400. The van der Waals surface area contributed by atoms with Crippen molar-refractivity contribution in [2.45, 2.75) is 32.8 Å². The molecule has 6 nitrogen and oxygen atoms in total. The van der Waals surface area contributed by atoms with Gasteiger partial charge in [-0.25, -0.2) is 4.79 Å². The van der Waals surface area contributed by atoms with Crippen molar-refractivity contribution in [3.63, 3.8) is 0 Å². The predicted octanol–water partition coefficient (Wildman–Crippen LogP) is 2.20. The van der Waals surface area contributed by atoms with Crippen LogP contribution in [0.15, 0.2) is 35.3 Å². The molecule has 1 atom stereocenters. The van der Waals surface area contributed by atoms with Gasteiger partial charge in [-0.1, -0.05) is 6.92 Å². The highest BCUT2D eigenvalue weighted by Gasteiger charge is 2.49. The first-order chi connectivity index (χ1) is 9.88. The molecule has 1 unspecified atom stereocenters. The number of hydrogen-bond donors (Lipinski definition) is 0. The van der Waals surface area contributed by atoms with E-state index in [4.69, 9.17) is 14.2 Å². The Bertz CT molecular complexity index is 595. The molecule has 1 heterocycles. The van der Waals surface area contributed by atoms with Gasteiger partial charge in [0.2, 0.25) is 17.2 Å². The molecule has 0 aromatic rings. The Morgan fingerprint density at radius 1 is 1.33 bits per heavy atom. The van der Waals surface area contributed by atoms with Crippen molar-refractivity contribution in [1.82, 2.24) is 0 Å². The number of rotatable bonds is 3. The Morgan fingerprint density at radius 2 is 2.05 bits per heavy atom. The molecule has 0 amide bonds. The fourth-order valence-corrected chi connectivity index (χ4v) is 1.98. The molecule has 0 aromatic heterocycles. The number of carbonyl (C=O) groups is 3. The lowest BCUT2D eigenvalue weighted by Gasteiger charge is -2.30. The van der Waals surface area contributed by atoms with Crippen LogP contribution in [0.25, 0.3) is 0 Å². The molecule has 0 fully saturated rings. The summed E-state index contributed by atoms with van der Waals surface area (Å²) in [6.45, 7) is 4.94. The van der Waals surface area contributed by atoms with Crippen LogP contribution in [0.2, 0.25) is 0 Å². The topological polar surface area (TPSA) is 78.9 Å². The van der Waals surface area contributed by atoms with Gasteiger partial charge in [0.15, 0.2) is 0 Å². The van der Waals surface area contributed by atoms with Crippen molar-refractivity contribution < 1.29 is 28.6 Å². The van der Waals surface area contributed by atoms with Crippen molar-refractivity contribution in [3.8, 4) is 0 Å². The molecule has 0 spiro atoms. The number of ether oxygens (including phenoxy) is 3. The lowest BCUT2D eigenvalue weighted by molar-refractivity contribution is -0.147. The molecule has 112 valence electrons. The quantitative estimate of drug-likeness (QED) is 0.586. The molecule has 0 aromatic carbocycles. The van der Waals surface area contributed by atoms with Gasteiger partial charge in [0, 0.05) is 0 Å². The molecule has 2 rings (SSSR count). The Balaban J connectivity index is 2.27. The van der Waals surface area contributed by atoms with Crippen LogP contribution in [0, 0.1) is 0 Å². The van der Waals surface area contributed by atoms with E-state index in [9.17, 15) is 14.4 Å². The van der Waals surface area contributed by atoms with Crippen molar-refractivity contribution >= 4 is 17.7 Å². The van der Waals surface area contributed by atoms with E-state index in [1.165, 1.54) is 19.3 Å². The van der Waals surface area contributed by atoms with Gasteiger partial charge in [0.1, 0.15) is 12.0 Å². The molecule has 6 heteroatoms. The van der Waals surface area contributed by atoms with E-state index in [-0.39, 0.29) is 12.2 Å². The molecule has 0 N–H and O–H groups in total. The molecule has 2 aliphatic rings. The summed E-state index contributed by atoms with van der Waals surface area (Å²) in [6, 6.07) is 0. The summed E-state index contributed by atoms with van der Waals surface area (Å²) in [5.41, 5.74) is -1.26. The number of allylic oxidation sites excluding steroid dienone is 3. The highest BCUT2D eigenvalue weighted by Crippen LogP contribution is 2.33. The second-order valence-corrected chi connectivity index (χ2v) is 4.93. The number of fused-ring (bicyclic) bond motifs is 1. The normalized spacial score (nSPS) is 24.2. The maximum atomic E-state index is 12.4. The maximum absolute atomic E-state index is 12.4. The van der Waals surface area contributed by atoms with Gasteiger partial charge in [-0.15, -0.1) is 0 Å². The van der Waals surface area contributed by atoms with Crippen molar-refractivity contribution in [3.05, 3.63) is 35.3 Å². The zero-order valence-electron chi connectivity index (χ0n) is 12.1. The fourth-order valence-electron chi connectivity index (χ4n) is 1.98. The monoisotopic (exact) mass is 292 g/mol. The van der Waals surface area contributed by atoms with Crippen LogP contribution >= 0.6 is 0 Å². The van der Waals surface area contributed by atoms with E-state index in [0.29, 0.717) is 17.8 Å². The minimum absolute atomic E-state index is 0.159. The third kappa shape index (κ3) is 2.74. The van der Waals surface area contributed by atoms with E-state index >= 15 is 0 Å². The van der Waals surface area contributed by atoms with Crippen molar-refractivity contribution in [2.75, 3.05) is 6.61 Å². The molecule has 0 bridgehead atoms. The summed E-state index contributed by atoms with van der Waals surface area (Å²) in [6.07, 6.45) is 3.68. The second-order valence-electron chi connectivity index (χ2n) is 4.93. The van der Waals surface area contributed by atoms with Gasteiger partial charge in [-0.3, -0.25) is 9.59 Å². The summed E-state index contributed by atoms with van der Waals surface area (Å²) in [5.74, 6) is -0.654. The summed E-state index contributed by atoms with van der Waals surface area (Å²) in [4.78, 5) is 36.2. The Kier molecular flexibility index (Phi) is 3.97. The molecule has 21 heavy (non-hydrogen) atoms. The molecular formula is C15H16O6. The predicted molar refractivity (Wildman–Crippen MR) is 72.2 cm³/mol. The van der Waals surface area contributed by atoms with Crippen LogP contribution in [0.5, 0.6) is 0 Å². The van der Waals surface area contributed by atoms with Gasteiger partial charge in [0.25, 0.3) is 0 Å². The van der Waals surface area contributed by atoms with E-state index in [0.717, 1.165) is 0 Å². The second kappa shape index (κ2) is 5.55. The molecule has 1 aliphatic heterocycles. The SMILES string of the molecule is CCCOC(=O)OC1(C)C(=O)C=C2C=C(C)OC=C2C1=O. The average Bonchev–Trinajstić information content (AvgIpc) is 2.43. The standard InChI is InChI=1S/C15H16O6/c1-4-5-19-14(18)21-15(3)12(16)7-10-6-9(2)20-8-11(10)13(15)17/h6-8H,4-5H2,1-3H3. The minimum atomic E-state index is -1.91. The van der Waals surface area contributed by atoms with E-state index in [2.05, 4.69) is 0 Å². The van der Waals surface area contributed by atoms with Crippen LogP contribution in [0.1, 0.15) is 27.2 Å². The molecule has 0 saturated heterocycles. The Labute approximate surface area is 122 Å². The first-order valence-corrected chi connectivity index (χ1v) is 6.60. The number of Topliss-reactive ketones (excluding diaryl/α,β-unsaturated/α-hetero) is 1. The van der Waals surface area contributed by atoms with E-state index in [1.807, 2.05) is 6.92 Å². The zero-order chi connectivity index (χ0) is 15.6. The van der Waals surface area contributed by atoms with Crippen LogP contribution in [0.4, 0.5) is 4.79 Å². The summed E-state index contributed by atoms with van der Waals surface area (Å²) in [7, 11) is 0. The van der Waals surface area contributed by atoms with Crippen LogP contribution < -0.4 is 0 Å². The number of ketones is 2. The summed E-state index contributed by atoms with van der Waals surface area (Å²) < 4.78 is 14.9. The van der Waals surface area contributed by atoms with Crippen LogP contribution in [0.3, 0.4) is 0 Å². The first-order valence-electron chi connectivity index (χ1n) is 6.60. The van der Waals surface area contributed by atoms with Gasteiger partial charge < -0.3 is 14.2 Å². The van der Waals surface area contributed by atoms with Crippen LogP contribution in [-0.4, -0.2) is 29.9 Å². The number of carbonyl (C=O) groups excluding carboxylic acids is 3. The van der Waals surface area contributed by atoms with Gasteiger partial charge in [-0.05, 0) is 38.0 Å². The largest absolute Gasteiger partial charge is 0.509 e. The molecular weight excluding hydrogens is 276 g/mol. The third-order valence-corrected chi connectivity index (χ3v) is 3.18. The highest BCUT2D eigenvalue weighted by atomic mass is 16.7. The summed E-state index contributed by atoms with van der Waals surface area (Å²) in [5, 5.41) is 0. The first kappa shape index (κ1) is 15.0. The smallest absolute Gasteiger partial charge is 0.469 e. The Hall–Kier alpha value is -2.37. The lowest BCUT2D eigenvalue weighted by Crippen LogP contribution is -2.50. The maximum Gasteiger partial charge on any atom is 0.509 e. The van der Waals surface area contributed by atoms with Crippen LogP contribution in [-0.2, 0) is 23.8 Å². The van der Waals surface area contributed by atoms with Crippen molar-refractivity contribution in [2.24, 2.45) is 0 Å². The van der Waals surface area contributed by atoms with E-state index in [1.54, 1.807) is 13.0 Å². The summed E-state index contributed by atoms with van der Waals surface area (Å²) >= 11 is 0. The van der Waals surface area contributed by atoms with Gasteiger partial charge in [-0.2, -0.15) is 0 Å². The molecule has 0 saturated carbocycles. The lowest BCUT2D eigenvalue weighted by atomic mass is 9.80. The molecule has 1 aliphatic carbocycles. The van der Waals surface area contributed by atoms with Gasteiger partial charge >= 0.3 is 6.16 Å². The van der Waals surface area contributed by atoms with E-state index < -0.39 is 23.3 Å². The molecule has 0 radical (unpaired) electrons.